The number of benzene rings is 1. The van der Waals surface area contributed by atoms with Crippen LogP contribution in [0.25, 0.3) is 0 Å². The Balaban J connectivity index is 1.99. The van der Waals surface area contributed by atoms with Crippen molar-refractivity contribution in [3.63, 3.8) is 0 Å². The van der Waals surface area contributed by atoms with E-state index in [1.54, 1.807) is 0 Å². The van der Waals surface area contributed by atoms with Crippen molar-refractivity contribution in [3.05, 3.63) is 34.1 Å². The lowest BCUT2D eigenvalue weighted by Crippen LogP contribution is -2.45. The molecule has 1 nitrogen and oxygen atoms in total. The molecule has 0 atom stereocenters. The lowest BCUT2D eigenvalue weighted by Gasteiger charge is -2.37. The van der Waals surface area contributed by atoms with Crippen molar-refractivity contribution >= 4 is 15.9 Å². The minimum Gasteiger partial charge on any atom is -0.325 e. The lowest BCUT2D eigenvalue weighted by molar-refractivity contribution is 0.223. The van der Waals surface area contributed by atoms with Crippen LogP contribution in [-0.2, 0) is 6.42 Å². The maximum Gasteiger partial charge on any atom is 0.124 e. The van der Waals surface area contributed by atoms with E-state index in [9.17, 15) is 4.39 Å². The molecule has 2 N–H and O–H groups in total. The van der Waals surface area contributed by atoms with Gasteiger partial charge in [-0.1, -0.05) is 41.8 Å². The zero-order chi connectivity index (χ0) is 13.9. The third-order valence-corrected chi connectivity index (χ3v) is 5.09. The summed E-state index contributed by atoms with van der Waals surface area (Å²) >= 11 is 3.44. The molecule has 19 heavy (non-hydrogen) atoms. The monoisotopic (exact) mass is 327 g/mol. The Morgan fingerprint density at radius 3 is 2.63 bits per heavy atom. The molecule has 1 saturated carbocycles. The molecule has 0 aromatic heterocycles. The molecule has 1 aliphatic rings. The van der Waals surface area contributed by atoms with Gasteiger partial charge in [0.1, 0.15) is 5.82 Å². The first-order chi connectivity index (χ1) is 9.02. The fourth-order valence-electron chi connectivity index (χ4n) is 3.17. The van der Waals surface area contributed by atoms with Crippen molar-refractivity contribution in [3.8, 4) is 0 Å². The molecular formula is C16H23BrFN. The standard InChI is InChI=1S/C16H23BrFN/c1-2-3-12-6-8-16(19,9-7-12)11-13-4-5-14(18)10-15(13)17/h4-5,10,12H,2-3,6-9,11,19H2,1H3. The van der Waals surface area contributed by atoms with E-state index >= 15 is 0 Å². The molecular weight excluding hydrogens is 305 g/mol. The van der Waals surface area contributed by atoms with Crippen LogP contribution in [0.2, 0.25) is 0 Å². The Morgan fingerprint density at radius 1 is 1.37 bits per heavy atom. The van der Waals surface area contributed by atoms with Crippen LogP contribution >= 0.6 is 15.9 Å². The molecule has 2 rings (SSSR count). The van der Waals surface area contributed by atoms with Crippen LogP contribution in [0.1, 0.15) is 51.0 Å². The summed E-state index contributed by atoms with van der Waals surface area (Å²) in [6.45, 7) is 2.25. The highest BCUT2D eigenvalue weighted by Crippen LogP contribution is 2.36. The van der Waals surface area contributed by atoms with Gasteiger partial charge in [-0.3, -0.25) is 0 Å². The largest absolute Gasteiger partial charge is 0.325 e. The van der Waals surface area contributed by atoms with Gasteiger partial charge in [-0.15, -0.1) is 0 Å². The molecule has 0 unspecified atom stereocenters. The molecule has 1 fully saturated rings. The van der Waals surface area contributed by atoms with Gasteiger partial charge in [-0.25, -0.2) is 4.39 Å². The van der Waals surface area contributed by atoms with Crippen LogP contribution in [-0.4, -0.2) is 5.54 Å². The number of rotatable bonds is 4. The average Bonchev–Trinajstić information content (AvgIpc) is 2.36. The third kappa shape index (κ3) is 4.03. The fraction of sp³-hybridized carbons (Fsp3) is 0.625. The van der Waals surface area contributed by atoms with Gasteiger partial charge >= 0.3 is 0 Å². The van der Waals surface area contributed by atoms with Crippen LogP contribution in [0.3, 0.4) is 0 Å². The van der Waals surface area contributed by atoms with Crippen molar-refractivity contribution in [1.29, 1.82) is 0 Å². The molecule has 0 aliphatic heterocycles. The molecule has 3 heteroatoms. The van der Waals surface area contributed by atoms with Crippen LogP contribution in [0, 0.1) is 11.7 Å². The van der Waals surface area contributed by atoms with Gasteiger partial charge < -0.3 is 5.73 Å². The predicted molar refractivity (Wildman–Crippen MR) is 81.6 cm³/mol. The Labute approximate surface area is 123 Å². The van der Waals surface area contributed by atoms with Gasteiger partial charge in [0.15, 0.2) is 0 Å². The van der Waals surface area contributed by atoms with E-state index in [4.69, 9.17) is 5.73 Å². The van der Waals surface area contributed by atoms with E-state index in [0.29, 0.717) is 0 Å². The molecule has 0 spiro atoms. The Morgan fingerprint density at radius 2 is 2.05 bits per heavy atom. The highest BCUT2D eigenvalue weighted by molar-refractivity contribution is 9.10. The summed E-state index contributed by atoms with van der Waals surface area (Å²) in [4.78, 5) is 0. The molecule has 106 valence electrons. The minimum absolute atomic E-state index is 0.107. The molecule has 1 aromatic carbocycles. The normalized spacial score (nSPS) is 27.5. The second-order valence-corrected chi connectivity index (χ2v) is 6.86. The molecule has 0 saturated heterocycles. The number of hydrogen-bond acceptors (Lipinski definition) is 1. The molecule has 0 heterocycles. The zero-order valence-corrected chi connectivity index (χ0v) is 13.2. The van der Waals surface area contributed by atoms with Crippen molar-refractivity contribution in [2.24, 2.45) is 11.7 Å². The Bertz CT molecular complexity index is 425. The van der Waals surface area contributed by atoms with Crippen molar-refractivity contribution in [2.75, 3.05) is 0 Å². The predicted octanol–water partition coefficient (Wildman–Crippen LogP) is 4.82. The number of halogens is 2. The summed E-state index contributed by atoms with van der Waals surface area (Å²) in [6.07, 6.45) is 8.09. The highest BCUT2D eigenvalue weighted by Gasteiger charge is 2.31. The van der Waals surface area contributed by atoms with Gasteiger partial charge in [-0.2, -0.15) is 0 Å². The van der Waals surface area contributed by atoms with E-state index in [1.807, 2.05) is 6.07 Å². The van der Waals surface area contributed by atoms with Gasteiger partial charge in [0.2, 0.25) is 0 Å². The van der Waals surface area contributed by atoms with E-state index in [-0.39, 0.29) is 11.4 Å². The lowest BCUT2D eigenvalue weighted by atomic mass is 9.73. The summed E-state index contributed by atoms with van der Waals surface area (Å²) < 4.78 is 13.9. The number of hydrogen-bond donors (Lipinski definition) is 1. The summed E-state index contributed by atoms with van der Waals surface area (Å²) in [5.41, 5.74) is 7.56. The summed E-state index contributed by atoms with van der Waals surface area (Å²) in [5.74, 6) is 0.659. The van der Waals surface area contributed by atoms with Crippen molar-refractivity contribution in [2.45, 2.75) is 57.4 Å². The minimum atomic E-state index is -0.201. The first-order valence-electron chi connectivity index (χ1n) is 7.25. The Kier molecular flexibility index (Phi) is 5.02. The maximum atomic E-state index is 13.1. The first-order valence-corrected chi connectivity index (χ1v) is 8.04. The van der Waals surface area contributed by atoms with E-state index in [2.05, 4.69) is 22.9 Å². The van der Waals surface area contributed by atoms with Gasteiger partial charge in [0, 0.05) is 10.0 Å². The van der Waals surface area contributed by atoms with Crippen LogP contribution in [0.5, 0.6) is 0 Å². The first kappa shape index (κ1) is 15.0. The molecule has 0 bridgehead atoms. The zero-order valence-electron chi connectivity index (χ0n) is 11.6. The highest BCUT2D eigenvalue weighted by atomic mass is 79.9. The van der Waals surface area contributed by atoms with Crippen LogP contribution in [0.15, 0.2) is 22.7 Å². The third-order valence-electron chi connectivity index (χ3n) is 4.36. The molecule has 1 aromatic rings. The van der Waals surface area contributed by atoms with Crippen LogP contribution in [0.4, 0.5) is 4.39 Å². The topological polar surface area (TPSA) is 26.0 Å². The Hall–Kier alpha value is -0.410. The van der Waals surface area contributed by atoms with Crippen LogP contribution < -0.4 is 5.73 Å². The van der Waals surface area contributed by atoms with Gasteiger partial charge in [-0.05, 0) is 55.7 Å². The SMILES string of the molecule is CCCC1CCC(N)(Cc2ccc(F)cc2Br)CC1. The van der Waals surface area contributed by atoms with E-state index in [1.165, 1.54) is 37.8 Å². The second-order valence-electron chi connectivity index (χ2n) is 6.01. The number of nitrogens with two attached hydrogens (primary N) is 1. The van der Waals surface area contributed by atoms with E-state index in [0.717, 1.165) is 35.2 Å². The molecule has 0 radical (unpaired) electrons. The summed E-state index contributed by atoms with van der Waals surface area (Å²) in [5, 5.41) is 0. The maximum absolute atomic E-state index is 13.1. The van der Waals surface area contributed by atoms with Gasteiger partial charge in [0.05, 0.1) is 0 Å². The average molecular weight is 328 g/mol. The van der Waals surface area contributed by atoms with Gasteiger partial charge in [0.25, 0.3) is 0 Å². The molecule has 0 amide bonds. The van der Waals surface area contributed by atoms with E-state index < -0.39 is 0 Å². The smallest absolute Gasteiger partial charge is 0.124 e. The second kappa shape index (κ2) is 6.36. The fourth-order valence-corrected chi connectivity index (χ4v) is 3.66. The quantitative estimate of drug-likeness (QED) is 0.843. The van der Waals surface area contributed by atoms with Crippen molar-refractivity contribution < 1.29 is 4.39 Å². The summed E-state index contributed by atoms with van der Waals surface area (Å²) in [6, 6.07) is 4.90. The van der Waals surface area contributed by atoms with Crippen molar-refractivity contribution in [1.82, 2.24) is 0 Å². The summed E-state index contributed by atoms with van der Waals surface area (Å²) in [7, 11) is 0. The molecule has 1 aliphatic carbocycles.